The highest BCUT2D eigenvalue weighted by molar-refractivity contribution is 9.10. The van der Waals surface area contributed by atoms with Gasteiger partial charge < -0.3 is 10.2 Å². The molecular formula is C18H21BrN2O. The zero-order valence-electron chi connectivity index (χ0n) is 12.9. The van der Waals surface area contributed by atoms with Crippen LogP contribution in [0.5, 0.6) is 0 Å². The van der Waals surface area contributed by atoms with E-state index in [1.54, 1.807) is 0 Å². The van der Waals surface area contributed by atoms with Crippen LogP contribution in [0.25, 0.3) is 0 Å². The van der Waals surface area contributed by atoms with Crippen molar-refractivity contribution in [2.75, 3.05) is 0 Å². The molecule has 0 bridgehead atoms. The molecule has 2 aromatic rings. The van der Waals surface area contributed by atoms with Gasteiger partial charge in [0.25, 0.3) is 0 Å². The van der Waals surface area contributed by atoms with Gasteiger partial charge in [-0.3, -0.25) is 0 Å². The molecule has 3 nitrogen and oxygen atoms in total. The average Bonchev–Trinajstić information content (AvgIpc) is 2.52. The summed E-state index contributed by atoms with van der Waals surface area (Å²) < 4.78 is 1.01. The fourth-order valence-corrected chi connectivity index (χ4v) is 2.61. The zero-order chi connectivity index (χ0) is 15.9. The van der Waals surface area contributed by atoms with E-state index < -0.39 is 0 Å². The maximum atomic E-state index is 12.5. The summed E-state index contributed by atoms with van der Waals surface area (Å²) in [6.07, 6.45) is 0. The molecule has 0 saturated heterocycles. The predicted molar refractivity (Wildman–Crippen MR) is 93.5 cm³/mol. The zero-order valence-corrected chi connectivity index (χ0v) is 14.5. The topological polar surface area (TPSA) is 32.3 Å². The van der Waals surface area contributed by atoms with Gasteiger partial charge in [0.15, 0.2) is 0 Å². The maximum absolute atomic E-state index is 12.5. The Morgan fingerprint density at radius 1 is 1.09 bits per heavy atom. The summed E-state index contributed by atoms with van der Waals surface area (Å²) in [5, 5.41) is 3.00. The molecule has 0 aliphatic rings. The van der Waals surface area contributed by atoms with Gasteiger partial charge in [0.2, 0.25) is 0 Å². The van der Waals surface area contributed by atoms with Gasteiger partial charge in [-0.05, 0) is 31.0 Å². The Hall–Kier alpha value is -1.81. The first-order valence-corrected chi connectivity index (χ1v) is 8.19. The lowest BCUT2D eigenvalue weighted by Crippen LogP contribution is -2.43. The van der Waals surface area contributed by atoms with E-state index in [4.69, 9.17) is 0 Å². The number of urea groups is 1. The molecular weight excluding hydrogens is 340 g/mol. The van der Waals surface area contributed by atoms with Crippen molar-refractivity contribution in [1.82, 2.24) is 10.2 Å². The quantitative estimate of drug-likeness (QED) is 0.831. The highest BCUT2D eigenvalue weighted by Gasteiger charge is 2.17. The number of hydrogen-bond donors (Lipinski definition) is 1. The average molecular weight is 361 g/mol. The minimum Gasteiger partial charge on any atom is -0.334 e. The van der Waals surface area contributed by atoms with Gasteiger partial charge in [-0.1, -0.05) is 64.5 Å². The third-order valence-electron chi connectivity index (χ3n) is 3.47. The minimum atomic E-state index is -0.0467. The van der Waals surface area contributed by atoms with E-state index in [0.29, 0.717) is 13.1 Å². The lowest BCUT2D eigenvalue weighted by Gasteiger charge is -2.27. The van der Waals surface area contributed by atoms with E-state index >= 15 is 0 Å². The summed E-state index contributed by atoms with van der Waals surface area (Å²) in [5.41, 5.74) is 2.20. The molecule has 0 heterocycles. The number of amides is 2. The van der Waals surface area contributed by atoms with Crippen LogP contribution >= 0.6 is 15.9 Å². The summed E-state index contributed by atoms with van der Waals surface area (Å²) in [7, 11) is 0. The summed E-state index contributed by atoms with van der Waals surface area (Å²) in [6.45, 7) is 5.18. The minimum absolute atomic E-state index is 0.0467. The van der Waals surface area contributed by atoms with Crippen molar-refractivity contribution in [3.63, 3.8) is 0 Å². The Morgan fingerprint density at radius 2 is 1.73 bits per heavy atom. The molecule has 0 unspecified atom stereocenters. The van der Waals surface area contributed by atoms with Crippen LogP contribution in [0.1, 0.15) is 25.0 Å². The maximum Gasteiger partial charge on any atom is 0.318 e. The van der Waals surface area contributed by atoms with Crippen molar-refractivity contribution in [2.24, 2.45) is 0 Å². The molecule has 1 N–H and O–H groups in total. The van der Waals surface area contributed by atoms with E-state index in [-0.39, 0.29) is 12.1 Å². The molecule has 0 spiro atoms. The number of halogens is 1. The Kier molecular flexibility index (Phi) is 6.01. The van der Waals surface area contributed by atoms with Gasteiger partial charge in [0, 0.05) is 23.6 Å². The molecule has 0 atom stereocenters. The van der Waals surface area contributed by atoms with E-state index in [9.17, 15) is 4.79 Å². The van der Waals surface area contributed by atoms with Gasteiger partial charge >= 0.3 is 6.03 Å². The molecule has 0 radical (unpaired) electrons. The summed E-state index contributed by atoms with van der Waals surface area (Å²) >= 11 is 3.50. The number of benzene rings is 2. The second-order valence-corrected chi connectivity index (χ2v) is 6.31. The van der Waals surface area contributed by atoms with E-state index in [1.165, 1.54) is 0 Å². The number of nitrogens with zero attached hydrogens (tertiary/aromatic N) is 1. The van der Waals surface area contributed by atoms with Crippen LogP contribution in [0.4, 0.5) is 4.79 Å². The molecule has 0 fully saturated rings. The number of nitrogens with one attached hydrogen (secondary N) is 1. The van der Waals surface area contributed by atoms with Crippen LogP contribution in [0.15, 0.2) is 59.1 Å². The summed E-state index contributed by atoms with van der Waals surface area (Å²) in [6, 6.07) is 18.0. The Labute approximate surface area is 140 Å². The van der Waals surface area contributed by atoms with Crippen LogP contribution in [0.3, 0.4) is 0 Å². The second kappa shape index (κ2) is 7.99. The first-order valence-electron chi connectivity index (χ1n) is 7.39. The summed E-state index contributed by atoms with van der Waals surface area (Å²) in [5.74, 6) is 0. The predicted octanol–water partition coefficient (Wildman–Crippen LogP) is 4.57. The van der Waals surface area contributed by atoms with E-state index in [0.717, 1.165) is 15.6 Å². The molecule has 0 aliphatic heterocycles. The lowest BCUT2D eigenvalue weighted by molar-refractivity contribution is 0.179. The Morgan fingerprint density at radius 3 is 2.36 bits per heavy atom. The first-order chi connectivity index (χ1) is 10.6. The number of carbonyl (C=O) groups is 1. The molecule has 2 aromatic carbocycles. The Bertz CT molecular complexity index is 613. The normalized spacial score (nSPS) is 10.5. The van der Waals surface area contributed by atoms with Crippen LogP contribution in [0.2, 0.25) is 0 Å². The molecule has 116 valence electrons. The molecule has 2 amide bonds. The van der Waals surface area contributed by atoms with Gasteiger partial charge in [0.05, 0.1) is 0 Å². The van der Waals surface area contributed by atoms with E-state index in [1.807, 2.05) is 73.3 Å². The first kappa shape index (κ1) is 16.6. The van der Waals surface area contributed by atoms with Crippen molar-refractivity contribution in [2.45, 2.75) is 33.0 Å². The van der Waals surface area contributed by atoms with Crippen molar-refractivity contribution < 1.29 is 4.79 Å². The van der Waals surface area contributed by atoms with Crippen molar-refractivity contribution in [3.8, 4) is 0 Å². The monoisotopic (exact) mass is 360 g/mol. The number of rotatable bonds is 5. The molecule has 22 heavy (non-hydrogen) atoms. The van der Waals surface area contributed by atoms with Crippen molar-refractivity contribution >= 4 is 22.0 Å². The van der Waals surface area contributed by atoms with E-state index in [2.05, 4.69) is 21.2 Å². The van der Waals surface area contributed by atoms with Gasteiger partial charge in [-0.15, -0.1) is 0 Å². The third-order valence-corrected chi connectivity index (χ3v) is 4.24. The van der Waals surface area contributed by atoms with Gasteiger partial charge in [0.1, 0.15) is 0 Å². The van der Waals surface area contributed by atoms with Crippen molar-refractivity contribution in [1.29, 1.82) is 0 Å². The fraction of sp³-hybridized carbons (Fsp3) is 0.278. The SMILES string of the molecule is CC(C)N(Cc1ccccc1)C(=O)NCc1ccccc1Br. The van der Waals surface area contributed by atoms with Crippen molar-refractivity contribution in [3.05, 3.63) is 70.2 Å². The number of carbonyl (C=O) groups excluding carboxylic acids is 1. The van der Waals surface area contributed by atoms with Gasteiger partial charge in [-0.25, -0.2) is 4.79 Å². The molecule has 2 rings (SSSR count). The Balaban J connectivity index is 2.00. The van der Waals surface area contributed by atoms with Crippen LogP contribution < -0.4 is 5.32 Å². The lowest BCUT2D eigenvalue weighted by atomic mass is 10.2. The fourth-order valence-electron chi connectivity index (χ4n) is 2.18. The number of hydrogen-bond acceptors (Lipinski definition) is 1. The van der Waals surface area contributed by atoms with Crippen LogP contribution in [0, 0.1) is 0 Å². The van der Waals surface area contributed by atoms with Crippen LogP contribution in [-0.4, -0.2) is 17.0 Å². The summed E-state index contributed by atoms with van der Waals surface area (Å²) in [4.78, 5) is 14.3. The highest BCUT2D eigenvalue weighted by Crippen LogP contribution is 2.16. The molecule has 0 aromatic heterocycles. The van der Waals surface area contributed by atoms with Gasteiger partial charge in [-0.2, -0.15) is 0 Å². The molecule has 4 heteroatoms. The largest absolute Gasteiger partial charge is 0.334 e. The third kappa shape index (κ3) is 4.60. The molecule has 0 aliphatic carbocycles. The smallest absolute Gasteiger partial charge is 0.318 e. The molecule has 0 saturated carbocycles. The second-order valence-electron chi connectivity index (χ2n) is 5.46. The highest BCUT2D eigenvalue weighted by atomic mass is 79.9. The van der Waals surface area contributed by atoms with Crippen LogP contribution in [-0.2, 0) is 13.1 Å². The standard InChI is InChI=1S/C18H21BrN2O/c1-14(2)21(13-15-8-4-3-5-9-15)18(22)20-12-16-10-6-7-11-17(16)19/h3-11,14H,12-13H2,1-2H3,(H,20,22).